The summed E-state index contributed by atoms with van der Waals surface area (Å²) in [5.41, 5.74) is 0. The Labute approximate surface area is 124 Å². The zero-order valence-electron chi connectivity index (χ0n) is 12.0. The normalized spacial score (nSPS) is 18.4. The van der Waals surface area contributed by atoms with Gasteiger partial charge in [0.15, 0.2) is 0 Å². The summed E-state index contributed by atoms with van der Waals surface area (Å²) in [6.45, 7) is 5.40. The van der Waals surface area contributed by atoms with Gasteiger partial charge >= 0.3 is 0 Å². The van der Waals surface area contributed by atoms with Crippen molar-refractivity contribution in [1.82, 2.24) is 4.90 Å². The van der Waals surface area contributed by atoms with Crippen LogP contribution >= 0.6 is 11.3 Å². The maximum Gasteiger partial charge on any atom is 0.225 e. The van der Waals surface area contributed by atoms with Crippen LogP contribution in [-0.4, -0.2) is 43.3 Å². The van der Waals surface area contributed by atoms with Crippen LogP contribution in [0.25, 0.3) is 0 Å². The summed E-state index contributed by atoms with van der Waals surface area (Å²) < 4.78 is 11.0. The van der Waals surface area contributed by atoms with Gasteiger partial charge in [-0.15, -0.1) is 11.3 Å². The second-order valence-electron chi connectivity index (χ2n) is 4.95. The Morgan fingerprint density at radius 1 is 1.60 bits per heavy atom. The third kappa shape index (κ3) is 4.89. The smallest absolute Gasteiger partial charge is 0.225 e. The summed E-state index contributed by atoms with van der Waals surface area (Å²) >= 11 is 1.69. The lowest BCUT2D eigenvalue weighted by Crippen LogP contribution is -2.31. The van der Waals surface area contributed by atoms with E-state index in [4.69, 9.17) is 9.47 Å². The average Bonchev–Trinajstić information content (AvgIpc) is 3.13. The molecule has 0 saturated carbocycles. The van der Waals surface area contributed by atoms with Crippen molar-refractivity contribution < 1.29 is 14.3 Å². The van der Waals surface area contributed by atoms with E-state index in [1.807, 2.05) is 23.3 Å². The maximum atomic E-state index is 12.1. The SMILES string of the molecule is CCN(Cc1cccs1)C(=O)CCOCC1CCCO1. The second-order valence-corrected chi connectivity index (χ2v) is 5.98. The van der Waals surface area contributed by atoms with Crippen LogP contribution in [0.15, 0.2) is 17.5 Å². The first-order chi connectivity index (χ1) is 9.79. The highest BCUT2D eigenvalue weighted by atomic mass is 32.1. The second kappa shape index (κ2) is 8.39. The molecule has 5 heteroatoms. The van der Waals surface area contributed by atoms with Crippen molar-refractivity contribution in [3.63, 3.8) is 0 Å². The number of amides is 1. The Morgan fingerprint density at radius 2 is 2.50 bits per heavy atom. The fourth-order valence-corrected chi connectivity index (χ4v) is 2.99. The molecule has 1 unspecified atom stereocenters. The molecule has 2 heterocycles. The quantitative estimate of drug-likeness (QED) is 0.693. The van der Waals surface area contributed by atoms with Gasteiger partial charge in [-0.1, -0.05) is 6.07 Å². The zero-order chi connectivity index (χ0) is 14.2. The molecule has 0 spiro atoms. The lowest BCUT2D eigenvalue weighted by Gasteiger charge is -2.20. The van der Waals surface area contributed by atoms with Crippen LogP contribution < -0.4 is 0 Å². The molecular formula is C15H23NO3S. The molecule has 0 aliphatic carbocycles. The fourth-order valence-electron chi connectivity index (χ4n) is 2.28. The first-order valence-electron chi connectivity index (χ1n) is 7.29. The van der Waals surface area contributed by atoms with E-state index in [1.165, 1.54) is 4.88 Å². The molecule has 1 saturated heterocycles. The van der Waals surface area contributed by atoms with Crippen LogP contribution in [0, 0.1) is 0 Å². The molecule has 4 nitrogen and oxygen atoms in total. The molecule has 0 bridgehead atoms. The molecule has 1 aliphatic rings. The van der Waals surface area contributed by atoms with Gasteiger partial charge in [0.2, 0.25) is 5.91 Å². The molecule has 1 amide bonds. The Bertz CT molecular complexity index is 388. The Balaban J connectivity index is 1.64. The van der Waals surface area contributed by atoms with Crippen LogP contribution in [0.3, 0.4) is 0 Å². The van der Waals surface area contributed by atoms with E-state index in [-0.39, 0.29) is 12.0 Å². The van der Waals surface area contributed by atoms with E-state index in [0.29, 0.717) is 26.2 Å². The molecule has 1 aromatic heterocycles. The molecular weight excluding hydrogens is 274 g/mol. The first-order valence-corrected chi connectivity index (χ1v) is 8.17. The minimum Gasteiger partial charge on any atom is -0.378 e. The third-order valence-corrected chi connectivity index (χ3v) is 4.31. The van der Waals surface area contributed by atoms with Crippen LogP contribution in [0.1, 0.15) is 31.1 Å². The molecule has 1 fully saturated rings. The molecule has 1 aliphatic heterocycles. The lowest BCUT2D eigenvalue weighted by molar-refractivity contribution is -0.133. The van der Waals surface area contributed by atoms with Crippen LogP contribution in [-0.2, 0) is 20.8 Å². The summed E-state index contributed by atoms with van der Waals surface area (Å²) in [5, 5.41) is 2.04. The Kier molecular flexibility index (Phi) is 6.50. The van der Waals surface area contributed by atoms with Crippen molar-refractivity contribution in [1.29, 1.82) is 0 Å². The van der Waals surface area contributed by atoms with Gasteiger partial charge in [-0.2, -0.15) is 0 Å². The summed E-state index contributed by atoms with van der Waals surface area (Å²) in [6, 6.07) is 4.08. The van der Waals surface area contributed by atoms with E-state index in [1.54, 1.807) is 11.3 Å². The van der Waals surface area contributed by atoms with Gasteiger partial charge in [-0.05, 0) is 31.2 Å². The average molecular weight is 297 g/mol. The molecule has 0 radical (unpaired) electrons. The number of hydrogen-bond acceptors (Lipinski definition) is 4. The van der Waals surface area contributed by atoms with E-state index in [2.05, 4.69) is 6.07 Å². The molecule has 1 atom stereocenters. The number of hydrogen-bond donors (Lipinski definition) is 0. The lowest BCUT2D eigenvalue weighted by atomic mass is 10.2. The molecule has 2 rings (SSSR count). The van der Waals surface area contributed by atoms with Gasteiger partial charge in [-0.3, -0.25) is 4.79 Å². The van der Waals surface area contributed by atoms with Crippen molar-refractivity contribution in [2.45, 2.75) is 38.8 Å². The number of thiophene rings is 1. The van der Waals surface area contributed by atoms with E-state index in [9.17, 15) is 4.79 Å². The van der Waals surface area contributed by atoms with E-state index >= 15 is 0 Å². The highest BCUT2D eigenvalue weighted by Crippen LogP contribution is 2.13. The fraction of sp³-hybridized carbons (Fsp3) is 0.667. The van der Waals surface area contributed by atoms with Gasteiger partial charge in [0.25, 0.3) is 0 Å². The van der Waals surface area contributed by atoms with Gasteiger partial charge in [0, 0.05) is 18.0 Å². The van der Waals surface area contributed by atoms with Crippen LogP contribution in [0.2, 0.25) is 0 Å². The van der Waals surface area contributed by atoms with Crippen molar-refractivity contribution in [2.24, 2.45) is 0 Å². The van der Waals surface area contributed by atoms with E-state index in [0.717, 1.165) is 26.0 Å². The largest absolute Gasteiger partial charge is 0.378 e. The van der Waals surface area contributed by atoms with Gasteiger partial charge in [0.05, 0.1) is 32.3 Å². The standard InChI is InChI=1S/C15H23NO3S/c1-2-16(11-14-6-4-10-20-14)15(17)7-9-18-12-13-5-3-8-19-13/h4,6,10,13H,2-3,5,7-9,11-12H2,1H3. The van der Waals surface area contributed by atoms with Crippen LogP contribution in [0.4, 0.5) is 0 Å². The summed E-state index contributed by atoms with van der Waals surface area (Å²) in [5.74, 6) is 0.160. The number of ether oxygens (including phenoxy) is 2. The number of rotatable bonds is 8. The van der Waals surface area contributed by atoms with Crippen molar-refractivity contribution in [3.8, 4) is 0 Å². The van der Waals surface area contributed by atoms with Crippen molar-refractivity contribution in [3.05, 3.63) is 22.4 Å². The predicted molar refractivity (Wildman–Crippen MR) is 79.8 cm³/mol. The molecule has 20 heavy (non-hydrogen) atoms. The predicted octanol–water partition coefficient (Wildman–Crippen LogP) is 2.68. The number of carbonyl (C=O) groups is 1. The molecule has 0 N–H and O–H groups in total. The maximum absolute atomic E-state index is 12.1. The van der Waals surface area contributed by atoms with E-state index < -0.39 is 0 Å². The van der Waals surface area contributed by atoms with Crippen molar-refractivity contribution >= 4 is 17.2 Å². The number of nitrogens with zero attached hydrogens (tertiary/aromatic N) is 1. The minimum atomic E-state index is 0.160. The van der Waals surface area contributed by atoms with Crippen LogP contribution in [0.5, 0.6) is 0 Å². The summed E-state index contributed by atoms with van der Waals surface area (Å²) in [7, 11) is 0. The summed E-state index contributed by atoms with van der Waals surface area (Å²) in [4.78, 5) is 15.2. The van der Waals surface area contributed by atoms with Gasteiger partial charge in [-0.25, -0.2) is 0 Å². The minimum absolute atomic E-state index is 0.160. The Morgan fingerprint density at radius 3 is 3.15 bits per heavy atom. The molecule has 0 aromatic carbocycles. The highest BCUT2D eigenvalue weighted by Gasteiger charge is 2.16. The number of carbonyl (C=O) groups excluding carboxylic acids is 1. The zero-order valence-corrected chi connectivity index (χ0v) is 12.9. The third-order valence-electron chi connectivity index (χ3n) is 3.45. The Hall–Kier alpha value is -0.910. The molecule has 112 valence electrons. The van der Waals surface area contributed by atoms with Crippen molar-refractivity contribution in [2.75, 3.05) is 26.4 Å². The summed E-state index contributed by atoms with van der Waals surface area (Å²) in [6.07, 6.45) is 2.88. The molecule has 1 aromatic rings. The van der Waals surface area contributed by atoms with Gasteiger partial charge < -0.3 is 14.4 Å². The topological polar surface area (TPSA) is 38.8 Å². The van der Waals surface area contributed by atoms with Gasteiger partial charge in [0.1, 0.15) is 0 Å². The first kappa shape index (κ1) is 15.5. The highest BCUT2D eigenvalue weighted by molar-refractivity contribution is 7.09. The monoisotopic (exact) mass is 297 g/mol.